The third-order valence-electron chi connectivity index (χ3n) is 4.20. The van der Waals surface area contributed by atoms with Crippen molar-refractivity contribution < 1.29 is 18.0 Å². The molecule has 1 amide bonds. The minimum Gasteiger partial charge on any atom is -0.378 e. The Labute approximate surface area is 155 Å². The van der Waals surface area contributed by atoms with Gasteiger partial charge in [-0.1, -0.05) is 18.2 Å². The molecular weight excluding hydrogens is 355 g/mol. The van der Waals surface area contributed by atoms with Crippen LogP contribution >= 0.6 is 0 Å². The van der Waals surface area contributed by atoms with Crippen molar-refractivity contribution in [3.8, 4) is 0 Å². The first-order valence-electron chi connectivity index (χ1n) is 8.23. The van der Waals surface area contributed by atoms with E-state index in [1.54, 1.807) is 13.0 Å². The fourth-order valence-corrected chi connectivity index (χ4v) is 2.71. The number of carbonyl (C=O) groups excluding carboxylic acids is 1. The highest BCUT2D eigenvalue weighted by Crippen LogP contribution is 2.33. The van der Waals surface area contributed by atoms with Crippen molar-refractivity contribution in [2.24, 2.45) is 5.10 Å². The third kappa shape index (κ3) is 3.86. The molecule has 0 radical (unpaired) electrons. The van der Waals surface area contributed by atoms with E-state index in [-0.39, 0.29) is 5.69 Å². The molecule has 2 aromatic carbocycles. The topological polar surface area (TPSA) is 35.9 Å². The molecule has 1 heterocycles. The molecule has 2 aromatic rings. The lowest BCUT2D eigenvalue weighted by molar-refractivity contribution is -0.137. The van der Waals surface area contributed by atoms with Gasteiger partial charge < -0.3 is 4.90 Å². The quantitative estimate of drug-likeness (QED) is 0.739. The number of hydrogen-bond acceptors (Lipinski definition) is 3. The SMILES string of the molecule is CC1=NN(c2cccc(C(F)(F)F)c2)C(=O)/C1=C/c1ccc(N(C)C)cc1. The largest absolute Gasteiger partial charge is 0.416 e. The molecule has 1 aliphatic heterocycles. The Bertz CT molecular complexity index is 928. The monoisotopic (exact) mass is 373 g/mol. The lowest BCUT2D eigenvalue weighted by atomic mass is 10.1. The number of anilines is 2. The molecular formula is C20H18F3N3O. The normalized spacial score (nSPS) is 16.1. The zero-order chi connectivity index (χ0) is 19.8. The van der Waals surface area contributed by atoms with Gasteiger partial charge in [-0.15, -0.1) is 0 Å². The van der Waals surface area contributed by atoms with Gasteiger partial charge in [0.15, 0.2) is 0 Å². The number of halogens is 3. The first kappa shape index (κ1) is 18.7. The first-order chi connectivity index (χ1) is 12.7. The molecule has 7 heteroatoms. The lowest BCUT2D eigenvalue weighted by Gasteiger charge is -2.14. The van der Waals surface area contributed by atoms with Crippen LogP contribution in [0.4, 0.5) is 24.5 Å². The van der Waals surface area contributed by atoms with Gasteiger partial charge in [-0.25, -0.2) is 0 Å². The Balaban J connectivity index is 1.90. The fourth-order valence-electron chi connectivity index (χ4n) is 2.71. The molecule has 0 aliphatic carbocycles. The second-order valence-electron chi connectivity index (χ2n) is 6.39. The van der Waals surface area contributed by atoms with Crippen LogP contribution in [0.1, 0.15) is 18.1 Å². The molecule has 0 saturated heterocycles. The number of hydrogen-bond donors (Lipinski definition) is 0. The highest BCUT2D eigenvalue weighted by molar-refractivity contribution is 6.32. The number of carbonyl (C=O) groups is 1. The number of amides is 1. The Hall–Kier alpha value is -3.09. The van der Waals surface area contributed by atoms with Gasteiger partial charge in [-0.2, -0.15) is 23.3 Å². The summed E-state index contributed by atoms with van der Waals surface area (Å²) in [7, 11) is 3.86. The van der Waals surface area contributed by atoms with Gasteiger partial charge in [0, 0.05) is 19.8 Å². The van der Waals surface area contributed by atoms with E-state index >= 15 is 0 Å². The van der Waals surface area contributed by atoms with E-state index in [1.165, 1.54) is 12.1 Å². The summed E-state index contributed by atoms with van der Waals surface area (Å²) in [5, 5.41) is 5.15. The van der Waals surface area contributed by atoms with Crippen LogP contribution in [0.5, 0.6) is 0 Å². The Kier molecular flexibility index (Phi) is 4.78. The molecule has 27 heavy (non-hydrogen) atoms. The van der Waals surface area contributed by atoms with Gasteiger partial charge >= 0.3 is 6.18 Å². The van der Waals surface area contributed by atoms with Crippen molar-refractivity contribution in [1.82, 2.24) is 0 Å². The molecule has 0 fully saturated rings. The van der Waals surface area contributed by atoms with Crippen LogP contribution < -0.4 is 9.91 Å². The predicted octanol–water partition coefficient (Wildman–Crippen LogP) is 4.58. The summed E-state index contributed by atoms with van der Waals surface area (Å²) >= 11 is 0. The van der Waals surface area contributed by atoms with Crippen LogP contribution in [0.15, 0.2) is 59.2 Å². The molecule has 0 unspecified atom stereocenters. The maximum Gasteiger partial charge on any atom is 0.416 e. The minimum absolute atomic E-state index is 0.0838. The molecule has 4 nitrogen and oxygen atoms in total. The smallest absolute Gasteiger partial charge is 0.378 e. The van der Waals surface area contributed by atoms with E-state index in [9.17, 15) is 18.0 Å². The summed E-state index contributed by atoms with van der Waals surface area (Å²) in [6, 6.07) is 12.2. The minimum atomic E-state index is -4.48. The zero-order valence-corrected chi connectivity index (χ0v) is 15.1. The molecule has 0 atom stereocenters. The molecule has 0 saturated carbocycles. The summed E-state index contributed by atoms with van der Waals surface area (Å²) in [5.41, 5.74) is 1.90. The van der Waals surface area contributed by atoms with Crippen LogP contribution in [0.2, 0.25) is 0 Å². The number of hydrazone groups is 1. The van der Waals surface area contributed by atoms with Crippen molar-refractivity contribution in [2.75, 3.05) is 24.0 Å². The standard InChI is InChI=1S/C20H18F3N3O/c1-13-18(11-14-7-9-16(10-8-14)25(2)3)19(27)26(24-13)17-6-4-5-15(12-17)20(21,22)23/h4-12H,1-3H3/b18-11+. The summed E-state index contributed by atoms with van der Waals surface area (Å²) in [6.45, 7) is 1.66. The van der Waals surface area contributed by atoms with Crippen LogP contribution in [0.25, 0.3) is 6.08 Å². The second kappa shape index (κ2) is 6.90. The van der Waals surface area contributed by atoms with Crippen molar-refractivity contribution in [2.45, 2.75) is 13.1 Å². The van der Waals surface area contributed by atoms with Crippen molar-refractivity contribution in [3.05, 3.63) is 65.2 Å². The average molecular weight is 373 g/mol. The Morgan fingerprint density at radius 3 is 2.33 bits per heavy atom. The predicted molar refractivity (Wildman–Crippen MR) is 101 cm³/mol. The molecule has 0 bridgehead atoms. The first-order valence-corrected chi connectivity index (χ1v) is 8.23. The maximum absolute atomic E-state index is 12.9. The molecule has 140 valence electrons. The summed E-state index contributed by atoms with van der Waals surface area (Å²) in [4.78, 5) is 14.7. The maximum atomic E-state index is 12.9. The Morgan fingerprint density at radius 2 is 1.74 bits per heavy atom. The van der Waals surface area contributed by atoms with Crippen molar-refractivity contribution in [3.63, 3.8) is 0 Å². The van der Waals surface area contributed by atoms with Crippen LogP contribution in [0, 0.1) is 0 Å². The number of rotatable bonds is 3. The van der Waals surface area contributed by atoms with E-state index in [0.717, 1.165) is 28.4 Å². The third-order valence-corrected chi connectivity index (χ3v) is 4.20. The average Bonchev–Trinajstić information content (AvgIpc) is 2.90. The summed E-state index contributed by atoms with van der Waals surface area (Å²) in [5.74, 6) is -0.455. The molecule has 3 rings (SSSR count). The summed E-state index contributed by atoms with van der Waals surface area (Å²) in [6.07, 6.45) is -2.79. The van der Waals surface area contributed by atoms with E-state index in [0.29, 0.717) is 11.3 Å². The highest BCUT2D eigenvalue weighted by atomic mass is 19.4. The lowest BCUT2D eigenvalue weighted by Crippen LogP contribution is -2.21. The Morgan fingerprint density at radius 1 is 1.07 bits per heavy atom. The van der Waals surface area contributed by atoms with E-state index in [2.05, 4.69) is 5.10 Å². The van der Waals surface area contributed by atoms with Crippen LogP contribution in [0.3, 0.4) is 0 Å². The number of nitrogens with zero attached hydrogens (tertiary/aromatic N) is 3. The van der Waals surface area contributed by atoms with Gasteiger partial charge in [-0.3, -0.25) is 4.79 Å². The van der Waals surface area contributed by atoms with Crippen LogP contribution in [-0.4, -0.2) is 25.7 Å². The molecule has 1 aliphatic rings. The van der Waals surface area contributed by atoms with Crippen LogP contribution in [-0.2, 0) is 11.0 Å². The van der Waals surface area contributed by atoms with Gasteiger partial charge in [0.25, 0.3) is 5.91 Å². The molecule has 0 spiro atoms. The van der Waals surface area contributed by atoms with Gasteiger partial charge in [0.2, 0.25) is 0 Å². The highest BCUT2D eigenvalue weighted by Gasteiger charge is 2.33. The molecule has 0 N–H and O–H groups in total. The molecule has 0 aromatic heterocycles. The van der Waals surface area contributed by atoms with E-state index in [4.69, 9.17) is 0 Å². The van der Waals surface area contributed by atoms with Gasteiger partial charge in [0.05, 0.1) is 22.5 Å². The summed E-state index contributed by atoms with van der Waals surface area (Å²) < 4.78 is 38.8. The van der Waals surface area contributed by atoms with Gasteiger partial charge in [-0.05, 0) is 48.9 Å². The fraction of sp³-hybridized carbons (Fsp3) is 0.200. The van der Waals surface area contributed by atoms with E-state index in [1.807, 2.05) is 43.3 Å². The number of benzene rings is 2. The van der Waals surface area contributed by atoms with Crippen molar-refractivity contribution in [1.29, 1.82) is 0 Å². The van der Waals surface area contributed by atoms with Gasteiger partial charge in [0.1, 0.15) is 0 Å². The van der Waals surface area contributed by atoms with E-state index < -0.39 is 17.6 Å². The second-order valence-corrected chi connectivity index (χ2v) is 6.39. The van der Waals surface area contributed by atoms with Crippen molar-refractivity contribution >= 4 is 29.1 Å². The number of alkyl halides is 3. The zero-order valence-electron chi connectivity index (χ0n) is 15.1.